The van der Waals surface area contributed by atoms with Crippen molar-refractivity contribution in [1.29, 1.82) is 5.26 Å². The first-order valence-electron chi connectivity index (χ1n) is 7.46. The van der Waals surface area contributed by atoms with Crippen LogP contribution in [0.1, 0.15) is 44.2 Å². The molecule has 20 heavy (non-hydrogen) atoms. The number of pyridine rings is 1. The van der Waals surface area contributed by atoms with Crippen LogP contribution in [0.2, 0.25) is 0 Å². The normalized spacial score (nSPS) is 23.6. The van der Waals surface area contributed by atoms with E-state index in [4.69, 9.17) is 0 Å². The zero-order valence-electron chi connectivity index (χ0n) is 11.5. The molecule has 1 atom stereocenters. The fourth-order valence-corrected chi connectivity index (χ4v) is 3.73. The third kappa shape index (κ3) is 1.70. The number of rotatable bonds is 2. The number of aromatic nitrogens is 2. The van der Waals surface area contributed by atoms with Crippen molar-refractivity contribution in [1.82, 2.24) is 9.38 Å². The first kappa shape index (κ1) is 11.8. The van der Waals surface area contributed by atoms with E-state index in [2.05, 4.69) is 16.4 Å². The number of nitriles is 1. The van der Waals surface area contributed by atoms with Gasteiger partial charge in [0.2, 0.25) is 0 Å². The summed E-state index contributed by atoms with van der Waals surface area (Å²) in [7, 11) is 0. The number of fused-ring (bicyclic) bond motifs is 1. The van der Waals surface area contributed by atoms with Gasteiger partial charge in [0, 0.05) is 12.2 Å². The summed E-state index contributed by atoms with van der Waals surface area (Å²) >= 11 is 0. The van der Waals surface area contributed by atoms with Gasteiger partial charge in [0.05, 0.1) is 0 Å². The molecule has 2 aliphatic carbocycles. The summed E-state index contributed by atoms with van der Waals surface area (Å²) in [5.74, 6) is 0.756. The van der Waals surface area contributed by atoms with Crippen molar-refractivity contribution in [2.45, 2.75) is 44.6 Å². The van der Waals surface area contributed by atoms with Crippen LogP contribution in [0.4, 0.5) is 5.82 Å². The number of hydrogen-bond donors (Lipinski definition) is 1. The van der Waals surface area contributed by atoms with Crippen molar-refractivity contribution in [3.63, 3.8) is 0 Å². The Kier molecular flexibility index (Phi) is 2.50. The van der Waals surface area contributed by atoms with Gasteiger partial charge < -0.3 is 5.32 Å². The maximum absolute atomic E-state index is 9.39. The average molecular weight is 266 g/mol. The molecule has 0 radical (unpaired) electrons. The largest absolute Gasteiger partial charge is 0.364 e. The van der Waals surface area contributed by atoms with Crippen molar-refractivity contribution in [3.05, 3.63) is 30.1 Å². The molecule has 0 bridgehead atoms. The zero-order chi connectivity index (χ0) is 13.6. The molecule has 1 unspecified atom stereocenters. The lowest BCUT2D eigenvalue weighted by Gasteiger charge is -2.22. The minimum Gasteiger partial charge on any atom is -0.364 e. The van der Waals surface area contributed by atoms with Gasteiger partial charge in [-0.3, -0.25) is 4.40 Å². The Morgan fingerprint density at radius 3 is 2.95 bits per heavy atom. The van der Waals surface area contributed by atoms with Gasteiger partial charge in [0.1, 0.15) is 11.7 Å². The van der Waals surface area contributed by atoms with Crippen LogP contribution in [0.3, 0.4) is 0 Å². The molecule has 4 heteroatoms. The Morgan fingerprint density at radius 2 is 2.15 bits per heavy atom. The van der Waals surface area contributed by atoms with E-state index in [0.717, 1.165) is 11.5 Å². The van der Waals surface area contributed by atoms with Gasteiger partial charge >= 0.3 is 0 Å². The van der Waals surface area contributed by atoms with E-state index < -0.39 is 0 Å². The molecule has 2 aromatic rings. The Balaban J connectivity index is 1.62. The lowest BCUT2D eigenvalue weighted by Crippen LogP contribution is -2.17. The van der Waals surface area contributed by atoms with E-state index in [1.165, 1.54) is 38.5 Å². The summed E-state index contributed by atoms with van der Waals surface area (Å²) in [6, 6.07) is 8.62. The molecule has 0 saturated heterocycles. The first-order chi connectivity index (χ1) is 9.82. The Hall–Kier alpha value is -2.02. The van der Waals surface area contributed by atoms with Gasteiger partial charge in [-0.2, -0.15) is 5.26 Å². The molecule has 2 saturated carbocycles. The highest BCUT2D eigenvalue weighted by Crippen LogP contribution is 2.57. The van der Waals surface area contributed by atoms with E-state index in [-0.39, 0.29) is 0 Å². The van der Waals surface area contributed by atoms with Crippen LogP contribution in [0, 0.1) is 16.7 Å². The highest BCUT2D eigenvalue weighted by Gasteiger charge is 2.54. The van der Waals surface area contributed by atoms with Crippen molar-refractivity contribution in [2.24, 2.45) is 5.41 Å². The first-order valence-corrected chi connectivity index (χ1v) is 7.46. The average Bonchev–Trinajstić information content (AvgIpc) is 2.99. The van der Waals surface area contributed by atoms with Gasteiger partial charge in [-0.1, -0.05) is 25.3 Å². The van der Waals surface area contributed by atoms with Crippen molar-refractivity contribution in [3.8, 4) is 6.07 Å². The van der Waals surface area contributed by atoms with E-state index in [1.54, 1.807) is 0 Å². The fourth-order valence-electron chi connectivity index (χ4n) is 3.73. The van der Waals surface area contributed by atoms with Crippen molar-refractivity contribution >= 4 is 11.5 Å². The highest BCUT2D eigenvalue weighted by atomic mass is 15.1. The van der Waals surface area contributed by atoms with Gasteiger partial charge in [0.25, 0.3) is 0 Å². The summed E-state index contributed by atoms with van der Waals surface area (Å²) < 4.78 is 1.86. The maximum Gasteiger partial charge on any atom is 0.168 e. The van der Waals surface area contributed by atoms with Crippen LogP contribution >= 0.6 is 0 Å². The zero-order valence-corrected chi connectivity index (χ0v) is 11.5. The van der Waals surface area contributed by atoms with E-state index in [1.807, 2.05) is 28.8 Å². The summed E-state index contributed by atoms with van der Waals surface area (Å²) in [5, 5.41) is 12.9. The molecular weight excluding hydrogens is 248 g/mol. The second kappa shape index (κ2) is 4.24. The van der Waals surface area contributed by atoms with Gasteiger partial charge in [-0.25, -0.2) is 4.98 Å². The molecule has 2 aliphatic rings. The highest BCUT2D eigenvalue weighted by molar-refractivity contribution is 5.60. The molecule has 2 heterocycles. The van der Waals surface area contributed by atoms with E-state index in [9.17, 15) is 5.26 Å². The van der Waals surface area contributed by atoms with Crippen LogP contribution in [-0.4, -0.2) is 15.4 Å². The second-order valence-electron chi connectivity index (χ2n) is 6.17. The minimum absolute atomic E-state index is 0.501. The van der Waals surface area contributed by atoms with Crippen LogP contribution in [-0.2, 0) is 0 Å². The number of hydrogen-bond acceptors (Lipinski definition) is 3. The number of imidazole rings is 1. The molecular formula is C16H18N4. The Labute approximate surface area is 118 Å². The number of nitrogens with zero attached hydrogens (tertiary/aromatic N) is 3. The van der Waals surface area contributed by atoms with Crippen molar-refractivity contribution in [2.75, 3.05) is 5.32 Å². The predicted molar refractivity (Wildman–Crippen MR) is 77.5 cm³/mol. The summed E-state index contributed by atoms with van der Waals surface area (Å²) in [4.78, 5) is 4.57. The number of anilines is 1. The summed E-state index contributed by atoms with van der Waals surface area (Å²) in [5.41, 5.74) is 1.96. The van der Waals surface area contributed by atoms with Gasteiger partial charge in [0.15, 0.2) is 11.5 Å². The standard InChI is InChI=1S/C16H18N4/c17-11-12-15(19-14-6-2-5-9-20(12)14)18-13-10-16(13)7-3-1-4-8-16/h2,5-6,9,13,18H,1,3-4,7-8,10H2. The van der Waals surface area contributed by atoms with Crippen LogP contribution in [0.5, 0.6) is 0 Å². The van der Waals surface area contributed by atoms with Crippen LogP contribution in [0.15, 0.2) is 24.4 Å². The molecule has 0 aromatic carbocycles. The van der Waals surface area contributed by atoms with Gasteiger partial charge in [-0.15, -0.1) is 0 Å². The summed E-state index contributed by atoms with van der Waals surface area (Å²) in [6.07, 6.45) is 9.90. The molecule has 1 spiro atoms. The topological polar surface area (TPSA) is 53.1 Å². The molecule has 2 aromatic heterocycles. The predicted octanol–water partition coefficient (Wildman–Crippen LogP) is 3.34. The number of nitrogens with one attached hydrogen (secondary N) is 1. The second-order valence-corrected chi connectivity index (χ2v) is 6.17. The molecule has 0 aliphatic heterocycles. The molecule has 2 fully saturated rings. The fraction of sp³-hybridized carbons (Fsp3) is 0.500. The maximum atomic E-state index is 9.39. The third-order valence-corrected chi connectivity index (χ3v) is 4.99. The van der Waals surface area contributed by atoms with E-state index in [0.29, 0.717) is 17.2 Å². The van der Waals surface area contributed by atoms with Crippen LogP contribution < -0.4 is 5.32 Å². The lowest BCUT2D eigenvalue weighted by molar-refractivity contribution is 0.330. The molecule has 0 amide bonds. The quantitative estimate of drug-likeness (QED) is 0.907. The van der Waals surface area contributed by atoms with Crippen molar-refractivity contribution < 1.29 is 0 Å². The van der Waals surface area contributed by atoms with Crippen LogP contribution in [0.25, 0.3) is 5.65 Å². The smallest absolute Gasteiger partial charge is 0.168 e. The van der Waals surface area contributed by atoms with E-state index >= 15 is 0 Å². The Morgan fingerprint density at radius 1 is 1.30 bits per heavy atom. The molecule has 1 N–H and O–H groups in total. The minimum atomic E-state index is 0.501. The Bertz CT molecular complexity index is 688. The lowest BCUT2D eigenvalue weighted by atomic mass is 9.86. The monoisotopic (exact) mass is 266 g/mol. The molecule has 4 rings (SSSR count). The third-order valence-electron chi connectivity index (χ3n) is 4.99. The molecule has 102 valence electrons. The molecule has 4 nitrogen and oxygen atoms in total. The SMILES string of the molecule is N#Cc1c(NC2CC23CCCCC3)nc2ccccn12. The summed E-state index contributed by atoms with van der Waals surface area (Å²) in [6.45, 7) is 0. The van der Waals surface area contributed by atoms with Gasteiger partial charge in [-0.05, 0) is 36.8 Å².